The third kappa shape index (κ3) is 6.38. The maximum absolute atomic E-state index is 13.2. The first-order valence-electron chi connectivity index (χ1n) is 10.9. The van der Waals surface area contributed by atoms with Gasteiger partial charge in [-0.2, -0.15) is 0 Å². The van der Waals surface area contributed by atoms with Crippen molar-refractivity contribution in [2.24, 2.45) is 0 Å². The summed E-state index contributed by atoms with van der Waals surface area (Å²) in [4.78, 5) is 15.2. The van der Waals surface area contributed by atoms with E-state index in [0.717, 1.165) is 11.1 Å². The number of benzene rings is 3. The Kier molecular flexibility index (Phi) is 9.32. The largest absolute Gasteiger partial charge is 0.495 e. The minimum Gasteiger partial charge on any atom is -0.495 e. The van der Waals surface area contributed by atoms with Gasteiger partial charge in [-0.25, -0.2) is 0 Å². The van der Waals surface area contributed by atoms with Gasteiger partial charge in [0.15, 0.2) is 15.8 Å². The van der Waals surface area contributed by atoms with E-state index in [1.807, 2.05) is 25.1 Å². The molecule has 1 aliphatic heterocycles. The Bertz CT molecular complexity index is 1420. The first-order valence-corrected chi connectivity index (χ1v) is 14.0. The molecular weight excluding hydrogens is 641 g/mol. The average molecular weight is 660 g/mol. The predicted molar refractivity (Wildman–Crippen MR) is 160 cm³/mol. The number of methoxy groups -OCH3 is 1. The maximum atomic E-state index is 13.2. The minimum atomic E-state index is -0.247. The van der Waals surface area contributed by atoms with Crippen molar-refractivity contribution in [1.82, 2.24) is 0 Å². The van der Waals surface area contributed by atoms with Gasteiger partial charge in [-0.1, -0.05) is 64.8 Å². The molecule has 0 unspecified atom stereocenters. The van der Waals surface area contributed by atoms with E-state index in [1.54, 1.807) is 36.4 Å². The Balaban J connectivity index is 1.60. The van der Waals surface area contributed by atoms with Crippen LogP contribution in [0.5, 0.6) is 17.2 Å². The van der Waals surface area contributed by atoms with Gasteiger partial charge in [-0.3, -0.25) is 9.69 Å². The quantitative estimate of drug-likeness (QED) is 0.178. The van der Waals surface area contributed by atoms with Crippen molar-refractivity contribution in [1.29, 1.82) is 0 Å². The lowest BCUT2D eigenvalue weighted by atomic mass is 10.1. The fourth-order valence-electron chi connectivity index (χ4n) is 3.50. The zero-order valence-corrected chi connectivity index (χ0v) is 25.0. The van der Waals surface area contributed by atoms with Crippen molar-refractivity contribution in [3.05, 3.63) is 84.1 Å². The Labute approximate surface area is 247 Å². The number of thiocarbonyl (C=S) groups is 1. The molecule has 0 N–H and O–H groups in total. The fourth-order valence-corrected chi connectivity index (χ4v) is 6.09. The van der Waals surface area contributed by atoms with Gasteiger partial charge in [-0.15, -0.1) is 0 Å². The van der Waals surface area contributed by atoms with Gasteiger partial charge in [0.1, 0.15) is 12.4 Å². The van der Waals surface area contributed by atoms with Crippen molar-refractivity contribution in [3.8, 4) is 17.2 Å². The molecule has 0 aromatic heterocycles. The highest BCUT2D eigenvalue weighted by Crippen LogP contribution is 2.41. The molecule has 0 atom stereocenters. The summed E-state index contributed by atoms with van der Waals surface area (Å²) in [5.41, 5.74) is 2.09. The molecule has 192 valence electrons. The summed E-state index contributed by atoms with van der Waals surface area (Å²) in [5.74, 6) is 1.31. The molecule has 37 heavy (non-hydrogen) atoms. The Morgan fingerprint density at radius 3 is 2.49 bits per heavy atom. The number of nitrogens with zero attached hydrogens (tertiary/aromatic N) is 1. The van der Waals surface area contributed by atoms with Crippen LogP contribution in [0.25, 0.3) is 6.08 Å². The Hall–Kier alpha value is -1.94. The Morgan fingerprint density at radius 2 is 1.81 bits per heavy atom. The molecule has 0 spiro atoms. The van der Waals surface area contributed by atoms with Crippen molar-refractivity contribution < 1.29 is 19.0 Å². The van der Waals surface area contributed by atoms with Crippen molar-refractivity contribution in [2.45, 2.75) is 13.5 Å². The first-order chi connectivity index (χ1) is 17.7. The van der Waals surface area contributed by atoms with Crippen molar-refractivity contribution >= 4 is 96.7 Å². The number of anilines is 1. The molecule has 4 rings (SSSR count). The zero-order chi connectivity index (χ0) is 26.7. The lowest BCUT2D eigenvalue weighted by Gasteiger charge is -2.16. The second kappa shape index (κ2) is 12.3. The van der Waals surface area contributed by atoms with Crippen LogP contribution in [0, 0.1) is 0 Å². The highest BCUT2D eigenvalue weighted by molar-refractivity contribution is 9.10. The van der Waals surface area contributed by atoms with Crippen LogP contribution in [0.15, 0.2) is 57.9 Å². The van der Waals surface area contributed by atoms with Crippen LogP contribution in [-0.2, 0) is 11.4 Å². The summed E-state index contributed by atoms with van der Waals surface area (Å²) >= 11 is 28.8. The van der Waals surface area contributed by atoms with Crippen LogP contribution in [0.1, 0.15) is 18.1 Å². The van der Waals surface area contributed by atoms with Crippen molar-refractivity contribution in [2.75, 3.05) is 18.6 Å². The maximum Gasteiger partial charge on any atom is 0.270 e. The minimum absolute atomic E-state index is 0.219. The molecule has 3 aromatic rings. The lowest BCUT2D eigenvalue weighted by molar-refractivity contribution is -0.113. The molecule has 1 heterocycles. The first kappa shape index (κ1) is 28.1. The highest BCUT2D eigenvalue weighted by Gasteiger charge is 2.33. The number of halogens is 4. The van der Waals surface area contributed by atoms with Gasteiger partial charge in [0, 0.05) is 15.6 Å². The number of amides is 1. The molecule has 0 saturated carbocycles. The number of thioether (sulfide) groups is 1. The molecule has 11 heteroatoms. The number of hydrogen-bond acceptors (Lipinski definition) is 6. The van der Waals surface area contributed by atoms with Gasteiger partial charge < -0.3 is 14.2 Å². The monoisotopic (exact) mass is 657 g/mol. The second-order valence-corrected chi connectivity index (χ2v) is 11.4. The highest BCUT2D eigenvalue weighted by atomic mass is 79.9. The van der Waals surface area contributed by atoms with Crippen molar-refractivity contribution in [3.63, 3.8) is 0 Å². The third-order valence-corrected chi connectivity index (χ3v) is 7.98. The van der Waals surface area contributed by atoms with E-state index in [1.165, 1.54) is 23.8 Å². The number of hydrogen-bond donors (Lipinski definition) is 0. The van der Waals surface area contributed by atoms with Crippen LogP contribution < -0.4 is 19.1 Å². The molecule has 3 aromatic carbocycles. The summed E-state index contributed by atoms with van der Waals surface area (Å²) in [6.07, 6.45) is 1.76. The molecule has 1 saturated heterocycles. The van der Waals surface area contributed by atoms with Crippen LogP contribution in [0.2, 0.25) is 15.1 Å². The smallest absolute Gasteiger partial charge is 0.270 e. The van der Waals surface area contributed by atoms with E-state index >= 15 is 0 Å². The van der Waals surface area contributed by atoms with E-state index in [4.69, 9.17) is 61.2 Å². The summed E-state index contributed by atoms with van der Waals surface area (Å²) in [6, 6.07) is 14.0. The second-order valence-electron chi connectivity index (χ2n) is 7.62. The number of carbonyl (C=O) groups excluding carboxylic acids is 1. The van der Waals surface area contributed by atoms with E-state index in [2.05, 4.69) is 15.9 Å². The van der Waals surface area contributed by atoms with E-state index in [9.17, 15) is 4.79 Å². The van der Waals surface area contributed by atoms with E-state index in [0.29, 0.717) is 58.3 Å². The topological polar surface area (TPSA) is 48.0 Å². The average Bonchev–Trinajstić information content (AvgIpc) is 3.12. The SMILES string of the molecule is CCOc1cc(/C=C2\SC(=S)N(c3ccc(OC)c(Cl)c3)C2=O)cc(Br)c1OCc1ccc(Cl)cc1Cl. The van der Waals surface area contributed by atoms with Gasteiger partial charge in [0.05, 0.1) is 33.8 Å². The van der Waals surface area contributed by atoms with Crippen LogP contribution in [0.3, 0.4) is 0 Å². The van der Waals surface area contributed by atoms with E-state index < -0.39 is 0 Å². The predicted octanol–water partition coefficient (Wildman–Crippen LogP) is 8.80. The summed E-state index contributed by atoms with van der Waals surface area (Å²) < 4.78 is 18.2. The third-order valence-electron chi connectivity index (χ3n) is 5.20. The van der Waals surface area contributed by atoms with Crippen LogP contribution in [-0.4, -0.2) is 23.9 Å². The van der Waals surface area contributed by atoms with Gasteiger partial charge in [0.25, 0.3) is 5.91 Å². The normalized spacial score (nSPS) is 14.4. The fraction of sp³-hybridized carbons (Fsp3) is 0.154. The van der Waals surface area contributed by atoms with Gasteiger partial charge in [0.2, 0.25) is 0 Å². The zero-order valence-electron chi connectivity index (χ0n) is 19.5. The number of carbonyl (C=O) groups is 1. The van der Waals surface area contributed by atoms with Crippen LogP contribution >= 0.6 is 74.7 Å². The Morgan fingerprint density at radius 1 is 1.03 bits per heavy atom. The summed E-state index contributed by atoms with van der Waals surface area (Å²) in [7, 11) is 1.53. The van der Waals surface area contributed by atoms with E-state index in [-0.39, 0.29) is 12.5 Å². The molecule has 5 nitrogen and oxygen atoms in total. The molecular formula is C26H19BrCl3NO4S2. The van der Waals surface area contributed by atoms with Crippen LogP contribution in [0.4, 0.5) is 5.69 Å². The van der Waals surface area contributed by atoms with Gasteiger partial charge in [-0.05, 0) is 77.0 Å². The van der Waals surface area contributed by atoms with Gasteiger partial charge >= 0.3 is 0 Å². The summed E-state index contributed by atoms with van der Waals surface area (Å²) in [6.45, 7) is 2.52. The molecule has 1 aliphatic rings. The standard InChI is InChI=1S/C26H19BrCl3NO4S2/c1-3-34-22-9-14(8-18(27)24(22)35-13-15-4-5-16(28)11-19(15)29)10-23-25(32)31(26(36)37-23)17-6-7-21(33-2)20(30)12-17/h4-12H,3,13H2,1-2H3/b23-10-. The molecule has 1 fully saturated rings. The number of ether oxygens (including phenoxy) is 3. The molecule has 0 bridgehead atoms. The number of rotatable bonds is 8. The molecule has 0 radical (unpaired) electrons. The lowest BCUT2D eigenvalue weighted by Crippen LogP contribution is -2.27. The molecule has 0 aliphatic carbocycles. The molecule has 1 amide bonds. The summed E-state index contributed by atoms with van der Waals surface area (Å²) in [5, 5.41) is 1.45.